The average Bonchev–Trinajstić information content (AvgIpc) is 2.53. The molecule has 0 heterocycles. The van der Waals surface area contributed by atoms with Crippen LogP contribution in [0.25, 0.3) is 0 Å². The minimum atomic E-state index is -0.253. The first-order chi connectivity index (χ1) is 11.5. The van der Waals surface area contributed by atoms with Crippen LogP contribution in [-0.2, 0) is 0 Å². The lowest BCUT2D eigenvalue weighted by molar-refractivity contribution is 0.0977. The van der Waals surface area contributed by atoms with E-state index in [2.05, 4.69) is 17.2 Å². The Hall–Kier alpha value is -2.66. The van der Waals surface area contributed by atoms with Crippen molar-refractivity contribution in [3.05, 3.63) is 71.8 Å². The van der Waals surface area contributed by atoms with E-state index in [1.165, 1.54) is 0 Å². The Morgan fingerprint density at radius 2 is 1.96 bits per heavy atom. The van der Waals surface area contributed by atoms with Gasteiger partial charge in [0.05, 0.1) is 5.69 Å². The molecule has 0 aromatic heterocycles. The number of aryl methyl sites for hydroxylation is 1. The van der Waals surface area contributed by atoms with Gasteiger partial charge in [-0.25, -0.2) is 0 Å². The standard InChI is InChI=1S/C19H20N2O2S/c1-13(2)12-23-17-10-5-4-9-16(17)20-19(24)21-18(22)15-8-6-7-14(3)11-15/h4-11H,1,12H2,2-3H3,(H2,20,21,22,24). The van der Waals surface area contributed by atoms with Crippen LogP contribution in [0.3, 0.4) is 0 Å². The Kier molecular flexibility index (Phi) is 6.09. The summed E-state index contributed by atoms with van der Waals surface area (Å²) in [6, 6.07) is 14.7. The molecule has 0 spiro atoms. The number of anilines is 1. The number of thiocarbonyl (C=S) groups is 1. The molecular formula is C19H20N2O2S. The lowest BCUT2D eigenvalue weighted by Gasteiger charge is -2.14. The van der Waals surface area contributed by atoms with Crippen LogP contribution in [-0.4, -0.2) is 17.6 Å². The molecule has 2 N–H and O–H groups in total. The number of ether oxygens (including phenoxy) is 1. The fourth-order valence-corrected chi connectivity index (χ4v) is 2.21. The van der Waals surface area contributed by atoms with Gasteiger partial charge < -0.3 is 10.1 Å². The first-order valence-electron chi connectivity index (χ1n) is 7.51. The number of hydrogen-bond donors (Lipinski definition) is 2. The van der Waals surface area contributed by atoms with Gasteiger partial charge in [-0.05, 0) is 55.9 Å². The van der Waals surface area contributed by atoms with E-state index in [1.807, 2.05) is 56.3 Å². The Morgan fingerprint density at radius 1 is 1.21 bits per heavy atom. The van der Waals surface area contributed by atoms with Crippen molar-refractivity contribution in [3.63, 3.8) is 0 Å². The number of benzene rings is 2. The largest absolute Gasteiger partial charge is 0.487 e. The Morgan fingerprint density at radius 3 is 2.67 bits per heavy atom. The third-order valence-corrected chi connectivity index (χ3v) is 3.32. The number of hydrogen-bond acceptors (Lipinski definition) is 3. The maximum atomic E-state index is 12.2. The zero-order valence-corrected chi connectivity index (χ0v) is 14.6. The van der Waals surface area contributed by atoms with Gasteiger partial charge >= 0.3 is 0 Å². The molecule has 0 saturated heterocycles. The van der Waals surface area contributed by atoms with Crippen LogP contribution in [0, 0.1) is 6.92 Å². The fraction of sp³-hybridized carbons (Fsp3) is 0.158. The molecule has 0 saturated carbocycles. The van der Waals surface area contributed by atoms with Crippen LogP contribution in [0.1, 0.15) is 22.8 Å². The first-order valence-corrected chi connectivity index (χ1v) is 7.92. The van der Waals surface area contributed by atoms with Crippen LogP contribution in [0.2, 0.25) is 0 Å². The molecule has 4 nitrogen and oxygen atoms in total. The smallest absolute Gasteiger partial charge is 0.257 e. The second-order valence-electron chi connectivity index (χ2n) is 5.52. The van der Waals surface area contributed by atoms with Gasteiger partial charge in [-0.15, -0.1) is 0 Å². The van der Waals surface area contributed by atoms with Crippen molar-refractivity contribution in [2.45, 2.75) is 13.8 Å². The van der Waals surface area contributed by atoms with Crippen LogP contribution < -0.4 is 15.4 Å². The van der Waals surface area contributed by atoms with Gasteiger partial charge in [-0.3, -0.25) is 10.1 Å². The van der Waals surface area contributed by atoms with Crippen molar-refractivity contribution in [3.8, 4) is 5.75 Å². The second kappa shape index (κ2) is 8.26. The molecule has 1 amide bonds. The summed E-state index contributed by atoms with van der Waals surface area (Å²) in [5, 5.41) is 5.88. The van der Waals surface area contributed by atoms with Crippen LogP contribution >= 0.6 is 12.2 Å². The summed E-state index contributed by atoms with van der Waals surface area (Å²) in [7, 11) is 0. The number of para-hydroxylation sites is 2. The number of rotatable bonds is 5. The zero-order valence-electron chi connectivity index (χ0n) is 13.8. The highest BCUT2D eigenvalue weighted by molar-refractivity contribution is 7.80. The quantitative estimate of drug-likeness (QED) is 0.636. The van der Waals surface area contributed by atoms with E-state index in [-0.39, 0.29) is 11.0 Å². The molecule has 0 bridgehead atoms. The normalized spacial score (nSPS) is 9.92. The summed E-state index contributed by atoms with van der Waals surface area (Å²) in [6.07, 6.45) is 0. The summed E-state index contributed by atoms with van der Waals surface area (Å²) >= 11 is 5.22. The van der Waals surface area contributed by atoms with Gasteiger partial charge in [0.1, 0.15) is 12.4 Å². The van der Waals surface area contributed by atoms with Crippen molar-refractivity contribution >= 4 is 28.9 Å². The summed E-state index contributed by atoms with van der Waals surface area (Å²) < 4.78 is 5.67. The van der Waals surface area contributed by atoms with E-state index in [9.17, 15) is 4.79 Å². The molecule has 0 atom stereocenters. The van der Waals surface area contributed by atoms with E-state index >= 15 is 0 Å². The number of nitrogens with one attached hydrogen (secondary N) is 2. The first kappa shape index (κ1) is 17.7. The Labute approximate surface area is 147 Å². The van der Waals surface area contributed by atoms with Crippen molar-refractivity contribution in [1.82, 2.24) is 5.32 Å². The van der Waals surface area contributed by atoms with Crippen molar-refractivity contribution < 1.29 is 9.53 Å². The molecule has 0 aliphatic heterocycles. The highest BCUT2D eigenvalue weighted by Gasteiger charge is 2.10. The predicted octanol–water partition coefficient (Wildman–Crippen LogP) is 4.08. The molecule has 0 aliphatic carbocycles. The maximum absolute atomic E-state index is 12.2. The Balaban J connectivity index is 2.02. The Bertz CT molecular complexity index is 771. The molecule has 0 fully saturated rings. The SMILES string of the molecule is C=C(C)COc1ccccc1NC(=S)NC(=O)c1cccc(C)c1. The van der Waals surface area contributed by atoms with Gasteiger partial charge in [0, 0.05) is 5.56 Å². The summed E-state index contributed by atoms with van der Waals surface area (Å²) in [6.45, 7) is 8.06. The molecule has 2 rings (SSSR count). The van der Waals surface area contributed by atoms with Gasteiger partial charge in [-0.2, -0.15) is 0 Å². The molecule has 5 heteroatoms. The maximum Gasteiger partial charge on any atom is 0.257 e. The lowest BCUT2D eigenvalue weighted by atomic mass is 10.1. The second-order valence-corrected chi connectivity index (χ2v) is 5.93. The summed E-state index contributed by atoms with van der Waals surface area (Å²) in [4.78, 5) is 12.2. The predicted molar refractivity (Wildman–Crippen MR) is 102 cm³/mol. The highest BCUT2D eigenvalue weighted by atomic mass is 32.1. The molecule has 0 aliphatic rings. The average molecular weight is 340 g/mol. The minimum Gasteiger partial charge on any atom is -0.487 e. The molecule has 24 heavy (non-hydrogen) atoms. The molecule has 0 unspecified atom stereocenters. The third kappa shape index (κ3) is 5.21. The van der Waals surface area contributed by atoms with E-state index < -0.39 is 0 Å². The van der Waals surface area contributed by atoms with E-state index in [0.29, 0.717) is 23.6 Å². The number of amides is 1. The lowest BCUT2D eigenvalue weighted by Crippen LogP contribution is -2.34. The molecule has 2 aromatic carbocycles. The van der Waals surface area contributed by atoms with Crippen molar-refractivity contribution in [2.24, 2.45) is 0 Å². The molecule has 0 radical (unpaired) electrons. The third-order valence-electron chi connectivity index (χ3n) is 3.12. The van der Waals surface area contributed by atoms with Gasteiger partial charge in [0.2, 0.25) is 0 Å². The van der Waals surface area contributed by atoms with Crippen LogP contribution in [0.4, 0.5) is 5.69 Å². The van der Waals surface area contributed by atoms with Gasteiger partial charge in [0.25, 0.3) is 5.91 Å². The molecular weight excluding hydrogens is 320 g/mol. The van der Waals surface area contributed by atoms with E-state index in [4.69, 9.17) is 17.0 Å². The van der Waals surface area contributed by atoms with Crippen molar-refractivity contribution in [1.29, 1.82) is 0 Å². The molecule has 2 aromatic rings. The summed E-state index contributed by atoms with van der Waals surface area (Å²) in [5.41, 5.74) is 3.18. The fourth-order valence-electron chi connectivity index (χ4n) is 2.01. The van der Waals surface area contributed by atoms with Crippen LogP contribution in [0.15, 0.2) is 60.7 Å². The number of carbonyl (C=O) groups is 1. The van der Waals surface area contributed by atoms with Gasteiger partial charge in [-0.1, -0.05) is 36.4 Å². The monoisotopic (exact) mass is 340 g/mol. The topological polar surface area (TPSA) is 50.4 Å². The molecule has 124 valence electrons. The zero-order chi connectivity index (χ0) is 17.5. The number of carbonyl (C=O) groups excluding carboxylic acids is 1. The van der Waals surface area contributed by atoms with E-state index in [1.54, 1.807) is 6.07 Å². The van der Waals surface area contributed by atoms with Crippen molar-refractivity contribution in [2.75, 3.05) is 11.9 Å². The van der Waals surface area contributed by atoms with Crippen LogP contribution in [0.5, 0.6) is 5.75 Å². The minimum absolute atomic E-state index is 0.216. The van der Waals surface area contributed by atoms with E-state index in [0.717, 1.165) is 11.1 Å². The van der Waals surface area contributed by atoms with Gasteiger partial charge in [0.15, 0.2) is 5.11 Å². The summed E-state index contributed by atoms with van der Waals surface area (Å²) in [5.74, 6) is 0.393. The highest BCUT2D eigenvalue weighted by Crippen LogP contribution is 2.24.